The Morgan fingerprint density at radius 3 is 2.68 bits per heavy atom. The van der Waals surface area contributed by atoms with Crippen LogP contribution < -0.4 is 5.32 Å². The van der Waals surface area contributed by atoms with E-state index in [4.69, 9.17) is 10.2 Å². The van der Waals surface area contributed by atoms with Crippen LogP contribution in [0.1, 0.15) is 11.8 Å². The molecule has 0 aliphatic heterocycles. The zero-order chi connectivity index (χ0) is 14.4. The number of hydrogen-bond donors (Lipinski definition) is 3. The van der Waals surface area contributed by atoms with Crippen molar-refractivity contribution in [3.05, 3.63) is 22.4 Å². The van der Waals surface area contributed by atoms with E-state index in [1.807, 2.05) is 24.4 Å². The van der Waals surface area contributed by atoms with Gasteiger partial charge >= 0.3 is 12.0 Å². The zero-order valence-electron chi connectivity index (χ0n) is 10.9. The molecule has 0 aliphatic rings. The van der Waals surface area contributed by atoms with E-state index in [0.29, 0.717) is 6.42 Å². The highest BCUT2D eigenvalue weighted by Gasteiger charge is 2.23. The molecule has 0 saturated heterocycles. The molecule has 2 unspecified atom stereocenters. The summed E-state index contributed by atoms with van der Waals surface area (Å²) in [5.74, 6) is -1.25. The number of likely N-dealkylation sites (N-methyl/N-ethyl adjacent to an activating group) is 1. The fourth-order valence-electron chi connectivity index (χ4n) is 1.49. The maximum absolute atomic E-state index is 11.8. The number of aliphatic hydroxyl groups excluding tert-OH is 1. The van der Waals surface area contributed by atoms with E-state index in [0.717, 1.165) is 4.88 Å². The van der Waals surface area contributed by atoms with Crippen LogP contribution in [0.3, 0.4) is 0 Å². The summed E-state index contributed by atoms with van der Waals surface area (Å²) in [7, 11) is 1.60. The van der Waals surface area contributed by atoms with Gasteiger partial charge in [-0.3, -0.25) is 0 Å². The molecule has 1 aromatic rings. The topological polar surface area (TPSA) is 89.9 Å². The molecule has 0 aromatic carbocycles. The number of thiophene rings is 1. The van der Waals surface area contributed by atoms with E-state index < -0.39 is 24.6 Å². The highest BCUT2D eigenvalue weighted by atomic mass is 32.1. The summed E-state index contributed by atoms with van der Waals surface area (Å²) in [4.78, 5) is 25.1. The van der Waals surface area contributed by atoms with Gasteiger partial charge in [0.05, 0.1) is 6.61 Å². The lowest BCUT2D eigenvalue weighted by molar-refractivity contribution is -0.140. The number of rotatable bonds is 6. The lowest BCUT2D eigenvalue weighted by Crippen LogP contribution is -2.50. The molecule has 1 rings (SSSR count). The second-order valence-electron chi connectivity index (χ2n) is 4.27. The number of carbonyl (C=O) groups is 2. The first-order chi connectivity index (χ1) is 8.95. The first kappa shape index (κ1) is 15.5. The van der Waals surface area contributed by atoms with Crippen molar-refractivity contribution in [2.24, 2.45) is 0 Å². The quantitative estimate of drug-likeness (QED) is 0.720. The minimum absolute atomic E-state index is 0.0632. The van der Waals surface area contributed by atoms with Crippen LogP contribution in [0, 0.1) is 0 Å². The molecular formula is C12H18N2O4S. The number of carboxylic acid groups (broad SMARTS) is 1. The normalized spacial score (nSPS) is 13.6. The zero-order valence-corrected chi connectivity index (χ0v) is 11.7. The van der Waals surface area contributed by atoms with Crippen molar-refractivity contribution in [2.45, 2.75) is 25.4 Å². The van der Waals surface area contributed by atoms with Crippen LogP contribution in [0.15, 0.2) is 17.5 Å². The third kappa shape index (κ3) is 4.53. The Kier molecular flexibility index (Phi) is 5.78. The Balaban J connectivity index is 2.53. The minimum Gasteiger partial charge on any atom is -0.480 e. The predicted octanol–water partition coefficient (Wildman–Crippen LogP) is 0.766. The van der Waals surface area contributed by atoms with Crippen LogP contribution in [0.5, 0.6) is 0 Å². The number of urea groups is 1. The lowest BCUT2D eigenvalue weighted by atomic mass is 10.2. The molecule has 0 bridgehead atoms. The molecule has 19 heavy (non-hydrogen) atoms. The van der Waals surface area contributed by atoms with E-state index in [9.17, 15) is 9.59 Å². The lowest BCUT2D eigenvalue weighted by Gasteiger charge is -2.26. The molecule has 2 amide bonds. The molecule has 0 fully saturated rings. The Labute approximate surface area is 115 Å². The molecule has 106 valence electrons. The van der Waals surface area contributed by atoms with Gasteiger partial charge in [-0.2, -0.15) is 0 Å². The highest BCUT2D eigenvalue weighted by Crippen LogP contribution is 2.13. The third-order valence-electron chi connectivity index (χ3n) is 2.84. The number of aliphatic hydroxyl groups is 1. The van der Waals surface area contributed by atoms with Crippen molar-refractivity contribution in [1.82, 2.24) is 10.2 Å². The average Bonchev–Trinajstić information content (AvgIpc) is 2.86. The number of amides is 2. The number of nitrogens with zero attached hydrogens (tertiary/aromatic N) is 1. The molecule has 0 radical (unpaired) electrons. The summed E-state index contributed by atoms with van der Waals surface area (Å²) in [5.41, 5.74) is 0. The average molecular weight is 286 g/mol. The molecule has 0 saturated carbocycles. The smallest absolute Gasteiger partial charge is 0.328 e. The molecule has 0 spiro atoms. The number of hydrogen-bond acceptors (Lipinski definition) is 4. The maximum Gasteiger partial charge on any atom is 0.328 e. The molecule has 2 atom stereocenters. The molecule has 0 aliphatic carbocycles. The van der Waals surface area contributed by atoms with Crippen molar-refractivity contribution in [2.75, 3.05) is 13.7 Å². The van der Waals surface area contributed by atoms with Gasteiger partial charge in [0.1, 0.15) is 0 Å². The fraction of sp³-hybridized carbons (Fsp3) is 0.500. The van der Waals surface area contributed by atoms with Crippen LogP contribution in [-0.4, -0.2) is 52.9 Å². The van der Waals surface area contributed by atoms with Gasteiger partial charge in [0, 0.05) is 24.4 Å². The maximum atomic E-state index is 11.8. The minimum atomic E-state index is -1.27. The Morgan fingerprint density at radius 1 is 1.53 bits per heavy atom. The number of nitrogens with one attached hydrogen (secondary N) is 1. The molecule has 7 heteroatoms. The number of carboxylic acids is 1. The van der Waals surface area contributed by atoms with E-state index in [1.165, 1.54) is 4.90 Å². The second kappa shape index (κ2) is 7.10. The standard InChI is InChI=1S/C12H18N2O4S/c1-8(6-9-4-3-5-19-9)14(2)12(18)13-10(7-15)11(16)17/h3-5,8,10,15H,6-7H2,1-2H3,(H,13,18)(H,16,17). The van der Waals surface area contributed by atoms with Gasteiger partial charge in [0.15, 0.2) is 6.04 Å². The summed E-state index contributed by atoms with van der Waals surface area (Å²) >= 11 is 1.61. The van der Waals surface area contributed by atoms with Gasteiger partial charge in [0.25, 0.3) is 0 Å². The number of carbonyl (C=O) groups excluding carboxylic acids is 1. The van der Waals surface area contributed by atoms with Crippen LogP contribution in [-0.2, 0) is 11.2 Å². The fourth-order valence-corrected chi connectivity index (χ4v) is 2.32. The summed E-state index contributed by atoms with van der Waals surface area (Å²) in [5, 5.41) is 21.9. The van der Waals surface area contributed by atoms with Crippen molar-refractivity contribution in [1.29, 1.82) is 0 Å². The van der Waals surface area contributed by atoms with Gasteiger partial charge in [-0.1, -0.05) is 6.07 Å². The first-order valence-electron chi connectivity index (χ1n) is 5.85. The summed E-state index contributed by atoms with van der Waals surface area (Å²) < 4.78 is 0. The Morgan fingerprint density at radius 2 is 2.21 bits per heavy atom. The van der Waals surface area contributed by atoms with Gasteiger partial charge in [-0.25, -0.2) is 9.59 Å². The van der Waals surface area contributed by atoms with Gasteiger partial charge in [-0.15, -0.1) is 11.3 Å². The molecular weight excluding hydrogens is 268 g/mol. The summed E-state index contributed by atoms with van der Waals surface area (Å²) in [6.07, 6.45) is 0.707. The van der Waals surface area contributed by atoms with Crippen molar-refractivity contribution in [3.8, 4) is 0 Å². The van der Waals surface area contributed by atoms with E-state index in [-0.39, 0.29) is 6.04 Å². The summed E-state index contributed by atoms with van der Waals surface area (Å²) in [6.45, 7) is 1.25. The van der Waals surface area contributed by atoms with Gasteiger partial charge in [0.2, 0.25) is 0 Å². The van der Waals surface area contributed by atoms with E-state index >= 15 is 0 Å². The summed E-state index contributed by atoms with van der Waals surface area (Å²) in [6, 6.07) is 2.08. The van der Waals surface area contributed by atoms with Crippen LogP contribution in [0.4, 0.5) is 4.79 Å². The monoisotopic (exact) mass is 286 g/mol. The Hall–Kier alpha value is -1.60. The van der Waals surface area contributed by atoms with Crippen molar-refractivity contribution >= 4 is 23.3 Å². The van der Waals surface area contributed by atoms with Gasteiger partial charge in [-0.05, 0) is 18.4 Å². The van der Waals surface area contributed by atoms with E-state index in [2.05, 4.69) is 5.32 Å². The van der Waals surface area contributed by atoms with Crippen LogP contribution in [0.2, 0.25) is 0 Å². The van der Waals surface area contributed by atoms with Crippen LogP contribution in [0.25, 0.3) is 0 Å². The number of aliphatic carboxylic acids is 1. The molecule has 6 nitrogen and oxygen atoms in total. The largest absolute Gasteiger partial charge is 0.480 e. The van der Waals surface area contributed by atoms with Gasteiger partial charge < -0.3 is 20.4 Å². The Bertz CT molecular complexity index is 421. The molecule has 3 N–H and O–H groups in total. The van der Waals surface area contributed by atoms with Crippen molar-refractivity contribution < 1.29 is 19.8 Å². The van der Waals surface area contributed by atoms with Crippen LogP contribution >= 0.6 is 11.3 Å². The van der Waals surface area contributed by atoms with E-state index in [1.54, 1.807) is 18.4 Å². The molecule has 1 heterocycles. The highest BCUT2D eigenvalue weighted by molar-refractivity contribution is 7.09. The third-order valence-corrected chi connectivity index (χ3v) is 3.74. The first-order valence-corrected chi connectivity index (χ1v) is 6.73. The predicted molar refractivity (Wildman–Crippen MR) is 72.3 cm³/mol. The SMILES string of the molecule is CC(Cc1cccs1)N(C)C(=O)NC(CO)C(=O)O. The van der Waals surface area contributed by atoms with Crippen molar-refractivity contribution in [3.63, 3.8) is 0 Å². The molecule has 1 aromatic heterocycles. The second-order valence-corrected chi connectivity index (χ2v) is 5.30.